The second-order valence-corrected chi connectivity index (χ2v) is 4.41. The molecule has 0 aliphatic carbocycles. The topological polar surface area (TPSA) is 50.4 Å². The van der Waals surface area contributed by atoms with Crippen molar-refractivity contribution in [2.75, 3.05) is 14.2 Å². The fourth-order valence-corrected chi connectivity index (χ4v) is 1.30. The Balaban J connectivity index is 2.58. The lowest BCUT2D eigenvalue weighted by Gasteiger charge is -2.22. The lowest BCUT2D eigenvalue weighted by atomic mass is 10.1. The van der Waals surface area contributed by atoms with Crippen LogP contribution in [0.15, 0.2) is 24.3 Å². The normalized spacial score (nSPS) is 11.1. The lowest BCUT2D eigenvalue weighted by molar-refractivity contribution is -0.126. The third kappa shape index (κ3) is 3.75. The maximum atomic E-state index is 11.8. The first-order valence-corrected chi connectivity index (χ1v) is 5.59. The molecule has 17 heavy (non-hydrogen) atoms. The van der Waals surface area contributed by atoms with Gasteiger partial charge in [0.25, 0.3) is 0 Å². The molecule has 0 spiro atoms. The Morgan fingerprint density at radius 1 is 1.41 bits per heavy atom. The molecular weight excluding hydrogens is 216 g/mol. The van der Waals surface area contributed by atoms with E-state index in [1.54, 1.807) is 14.2 Å². The van der Waals surface area contributed by atoms with E-state index in [1.807, 2.05) is 38.1 Å². The first kappa shape index (κ1) is 13.5. The molecule has 0 fully saturated rings. The van der Waals surface area contributed by atoms with E-state index in [4.69, 9.17) is 4.74 Å². The van der Waals surface area contributed by atoms with Crippen molar-refractivity contribution >= 4 is 5.91 Å². The quantitative estimate of drug-likeness (QED) is 0.810. The lowest BCUT2D eigenvalue weighted by Crippen LogP contribution is -2.50. The van der Waals surface area contributed by atoms with Gasteiger partial charge in [0, 0.05) is 6.54 Å². The predicted molar refractivity (Wildman–Crippen MR) is 68.0 cm³/mol. The van der Waals surface area contributed by atoms with Crippen molar-refractivity contribution in [3.63, 3.8) is 0 Å². The molecule has 0 heterocycles. The fraction of sp³-hybridized carbons (Fsp3) is 0.462. The van der Waals surface area contributed by atoms with Crippen LogP contribution in [0.5, 0.6) is 5.75 Å². The molecule has 0 saturated carbocycles. The Hall–Kier alpha value is -1.55. The molecule has 0 aromatic heterocycles. The Kier molecular flexibility index (Phi) is 4.52. The number of ether oxygens (including phenoxy) is 1. The third-order valence-electron chi connectivity index (χ3n) is 2.78. The van der Waals surface area contributed by atoms with E-state index in [1.165, 1.54) is 0 Å². The van der Waals surface area contributed by atoms with Crippen LogP contribution >= 0.6 is 0 Å². The Morgan fingerprint density at radius 3 is 2.71 bits per heavy atom. The van der Waals surface area contributed by atoms with Crippen molar-refractivity contribution in [2.24, 2.45) is 0 Å². The number of nitrogens with one attached hydrogen (secondary N) is 2. The summed E-state index contributed by atoms with van der Waals surface area (Å²) in [5.74, 6) is 0.771. The summed E-state index contributed by atoms with van der Waals surface area (Å²) in [4.78, 5) is 11.8. The first-order chi connectivity index (χ1) is 7.99. The molecule has 1 rings (SSSR count). The monoisotopic (exact) mass is 236 g/mol. The van der Waals surface area contributed by atoms with E-state index in [-0.39, 0.29) is 5.91 Å². The van der Waals surface area contributed by atoms with Crippen LogP contribution in [-0.4, -0.2) is 25.6 Å². The summed E-state index contributed by atoms with van der Waals surface area (Å²) in [6, 6.07) is 7.65. The Morgan fingerprint density at radius 2 is 2.12 bits per heavy atom. The van der Waals surface area contributed by atoms with E-state index >= 15 is 0 Å². The van der Waals surface area contributed by atoms with E-state index in [9.17, 15) is 4.79 Å². The number of likely N-dealkylation sites (N-methyl/N-ethyl adjacent to an activating group) is 1. The molecule has 2 N–H and O–H groups in total. The van der Waals surface area contributed by atoms with Gasteiger partial charge in [0.2, 0.25) is 5.91 Å². The number of carbonyl (C=O) groups is 1. The summed E-state index contributed by atoms with van der Waals surface area (Å²) < 4.78 is 5.13. The number of hydrogen-bond donors (Lipinski definition) is 2. The zero-order valence-electron chi connectivity index (χ0n) is 10.8. The van der Waals surface area contributed by atoms with E-state index in [0.717, 1.165) is 11.3 Å². The summed E-state index contributed by atoms with van der Waals surface area (Å²) >= 11 is 0. The first-order valence-electron chi connectivity index (χ1n) is 5.59. The molecule has 1 aromatic carbocycles. The molecule has 1 amide bonds. The molecule has 4 heteroatoms. The van der Waals surface area contributed by atoms with Crippen LogP contribution in [0.2, 0.25) is 0 Å². The molecule has 0 saturated heterocycles. The van der Waals surface area contributed by atoms with Gasteiger partial charge in [-0.15, -0.1) is 0 Å². The summed E-state index contributed by atoms with van der Waals surface area (Å²) in [6.07, 6.45) is 0. The van der Waals surface area contributed by atoms with Gasteiger partial charge in [-0.25, -0.2) is 0 Å². The van der Waals surface area contributed by atoms with Crippen molar-refractivity contribution in [3.05, 3.63) is 29.8 Å². The summed E-state index contributed by atoms with van der Waals surface area (Å²) in [7, 11) is 3.40. The zero-order chi connectivity index (χ0) is 12.9. The van der Waals surface area contributed by atoms with Gasteiger partial charge in [0.1, 0.15) is 5.75 Å². The highest BCUT2D eigenvalue weighted by atomic mass is 16.5. The van der Waals surface area contributed by atoms with Crippen molar-refractivity contribution in [1.29, 1.82) is 0 Å². The van der Waals surface area contributed by atoms with Gasteiger partial charge in [0.15, 0.2) is 0 Å². The minimum atomic E-state index is -0.557. The van der Waals surface area contributed by atoms with Crippen LogP contribution < -0.4 is 15.4 Å². The molecule has 0 aliphatic heterocycles. The van der Waals surface area contributed by atoms with Crippen LogP contribution in [0.3, 0.4) is 0 Å². The highest BCUT2D eigenvalue weighted by Crippen LogP contribution is 2.12. The molecule has 94 valence electrons. The maximum absolute atomic E-state index is 11.8. The summed E-state index contributed by atoms with van der Waals surface area (Å²) in [5, 5.41) is 5.85. The Bertz CT molecular complexity index is 389. The minimum absolute atomic E-state index is 0.0252. The van der Waals surface area contributed by atoms with E-state index < -0.39 is 5.54 Å². The van der Waals surface area contributed by atoms with Crippen molar-refractivity contribution in [3.8, 4) is 5.75 Å². The average Bonchev–Trinajstić information content (AvgIpc) is 2.36. The van der Waals surface area contributed by atoms with Crippen molar-refractivity contribution < 1.29 is 9.53 Å². The van der Waals surface area contributed by atoms with Crippen LogP contribution in [0.1, 0.15) is 19.4 Å². The van der Waals surface area contributed by atoms with E-state index in [0.29, 0.717) is 6.54 Å². The minimum Gasteiger partial charge on any atom is -0.497 e. The standard InChI is InChI=1S/C13H20N2O2/c1-13(2,14-3)12(16)15-9-10-6-5-7-11(8-10)17-4/h5-8,14H,9H2,1-4H3,(H,15,16). The van der Waals surface area contributed by atoms with Gasteiger partial charge in [-0.2, -0.15) is 0 Å². The van der Waals surface area contributed by atoms with Gasteiger partial charge in [-0.1, -0.05) is 12.1 Å². The van der Waals surface area contributed by atoms with Gasteiger partial charge < -0.3 is 15.4 Å². The molecule has 0 unspecified atom stereocenters. The van der Waals surface area contributed by atoms with Gasteiger partial charge in [-0.3, -0.25) is 4.79 Å². The second-order valence-electron chi connectivity index (χ2n) is 4.41. The second kappa shape index (κ2) is 5.68. The largest absolute Gasteiger partial charge is 0.497 e. The molecule has 0 atom stereocenters. The molecule has 0 aliphatic rings. The SMILES string of the molecule is CNC(C)(C)C(=O)NCc1cccc(OC)c1. The highest BCUT2D eigenvalue weighted by molar-refractivity contribution is 5.85. The molecule has 0 bridgehead atoms. The predicted octanol–water partition coefficient (Wildman–Crippen LogP) is 1.31. The fourth-order valence-electron chi connectivity index (χ4n) is 1.30. The number of carbonyl (C=O) groups excluding carboxylic acids is 1. The zero-order valence-corrected chi connectivity index (χ0v) is 10.8. The summed E-state index contributed by atoms with van der Waals surface area (Å²) in [6.45, 7) is 4.18. The molecular formula is C13H20N2O2. The van der Waals surface area contributed by atoms with Crippen LogP contribution in [0, 0.1) is 0 Å². The molecule has 1 aromatic rings. The van der Waals surface area contributed by atoms with Gasteiger partial charge >= 0.3 is 0 Å². The number of hydrogen-bond acceptors (Lipinski definition) is 3. The van der Waals surface area contributed by atoms with Gasteiger partial charge in [0.05, 0.1) is 12.6 Å². The number of methoxy groups -OCH3 is 1. The van der Waals surface area contributed by atoms with Crippen LogP contribution in [0.25, 0.3) is 0 Å². The van der Waals surface area contributed by atoms with Crippen molar-refractivity contribution in [2.45, 2.75) is 25.9 Å². The molecule has 0 radical (unpaired) electrons. The number of rotatable bonds is 5. The van der Waals surface area contributed by atoms with Crippen LogP contribution in [0.4, 0.5) is 0 Å². The maximum Gasteiger partial charge on any atom is 0.239 e. The van der Waals surface area contributed by atoms with E-state index in [2.05, 4.69) is 10.6 Å². The Labute approximate surface area is 102 Å². The average molecular weight is 236 g/mol. The highest BCUT2D eigenvalue weighted by Gasteiger charge is 2.24. The number of benzene rings is 1. The van der Waals surface area contributed by atoms with Gasteiger partial charge in [-0.05, 0) is 38.6 Å². The molecule has 4 nitrogen and oxygen atoms in total. The van der Waals surface area contributed by atoms with Crippen LogP contribution in [-0.2, 0) is 11.3 Å². The smallest absolute Gasteiger partial charge is 0.239 e. The number of amides is 1. The third-order valence-corrected chi connectivity index (χ3v) is 2.78. The summed E-state index contributed by atoms with van der Waals surface area (Å²) in [5.41, 5.74) is 0.461. The van der Waals surface area contributed by atoms with Crippen molar-refractivity contribution in [1.82, 2.24) is 10.6 Å².